The Morgan fingerprint density at radius 1 is 1.03 bits per heavy atom. The number of non-ortho nitro benzene ring substituents is 1. The van der Waals surface area contributed by atoms with Crippen LogP contribution >= 0.6 is 0 Å². The lowest BCUT2D eigenvalue weighted by Gasteiger charge is -2.23. The van der Waals surface area contributed by atoms with Crippen molar-refractivity contribution < 1.29 is 22.9 Å². The summed E-state index contributed by atoms with van der Waals surface area (Å²) in [6.07, 6.45) is 0. The maximum Gasteiger partial charge on any atom is 0.269 e. The second kappa shape index (κ2) is 10.6. The highest BCUT2D eigenvalue weighted by Crippen LogP contribution is 2.24. The Morgan fingerprint density at radius 2 is 1.65 bits per heavy atom. The quantitative estimate of drug-likeness (QED) is 0.283. The molecule has 0 radical (unpaired) electrons. The maximum atomic E-state index is 13.3. The van der Waals surface area contributed by atoms with Crippen molar-refractivity contribution in [1.29, 1.82) is 0 Å². The van der Waals surface area contributed by atoms with Gasteiger partial charge < -0.3 is 4.74 Å². The lowest BCUT2D eigenvalue weighted by molar-refractivity contribution is -0.384. The van der Waals surface area contributed by atoms with Gasteiger partial charge in [-0.2, -0.15) is 5.10 Å². The molecule has 0 aliphatic carbocycles. The molecule has 3 aromatic rings. The lowest BCUT2D eigenvalue weighted by Crippen LogP contribution is -2.39. The highest BCUT2D eigenvalue weighted by atomic mass is 32.2. The van der Waals surface area contributed by atoms with Crippen molar-refractivity contribution in [2.24, 2.45) is 5.10 Å². The first-order valence-corrected chi connectivity index (χ1v) is 11.5. The zero-order valence-electron chi connectivity index (χ0n) is 18.4. The fourth-order valence-corrected chi connectivity index (χ4v) is 4.41. The summed E-state index contributed by atoms with van der Waals surface area (Å²) >= 11 is 0. The van der Waals surface area contributed by atoms with Gasteiger partial charge in [0.2, 0.25) is 0 Å². The Labute approximate surface area is 196 Å². The number of nitrogens with zero attached hydrogens (tertiary/aromatic N) is 3. The molecule has 3 aromatic carbocycles. The first-order valence-electron chi connectivity index (χ1n) is 10.0. The molecular formula is C23H22N4O6S. The molecule has 0 atom stereocenters. The standard InChI is InChI=1S/C23H22N4O6S/c1-17(18-8-10-20(11-9-18)27(29)30)24-25-23(28)16-26(19-6-4-3-5-7-19)34(31,32)22-14-12-21(33-2)13-15-22/h3-15H,16H2,1-2H3,(H,25,28)/b24-17-. The fourth-order valence-electron chi connectivity index (χ4n) is 2.99. The third-order valence-electron chi connectivity index (χ3n) is 4.82. The van der Waals surface area contributed by atoms with E-state index in [2.05, 4.69) is 10.5 Å². The van der Waals surface area contributed by atoms with E-state index < -0.39 is 27.4 Å². The Kier molecular flexibility index (Phi) is 7.59. The van der Waals surface area contributed by atoms with Crippen molar-refractivity contribution in [3.8, 4) is 5.75 Å². The molecule has 11 heteroatoms. The van der Waals surface area contributed by atoms with Crippen molar-refractivity contribution in [2.45, 2.75) is 11.8 Å². The summed E-state index contributed by atoms with van der Waals surface area (Å²) in [5, 5.41) is 14.8. The summed E-state index contributed by atoms with van der Waals surface area (Å²) in [5.41, 5.74) is 3.55. The Hall–Kier alpha value is -4.25. The molecule has 0 saturated heterocycles. The molecule has 0 fully saturated rings. The van der Waals surface area contributed by atoms with Crippen LogP contribution in [0.4, 0.5) is 11.4 Å². The van der Waals surface area contributed by atoms with E-state index >= 15 is 0 Å². The molecule has 3 rings (SSSR count). The minimum Gasteiger partial charge on any atom is -0.497 e. The molecule has 0 bridgehead atoms. The van der Waals surface area contributed by atoms with E-state index in [9.17, 15) is 23.3 Å². The van der Waals surface area contributed by atoms with Gasteiger partial charge in [0.25, 0.3) is 21.6 Å². The lowest BCUT2D eigenvalue weighted by atomic mass is 10.1. The van der Waals surface area contributed by atoms with Gasteiger partial charge in [-0.3, -0.25) is 19.2 Å². The van der Waals surface area contributed by atoms with Gasteiger partial charge in [0.05, 0.1) is 28.3 Å². The van der Waals surface area contributed by atoms with Gasteiger partial charge in [-0.1, -0.05) is 18.2 Å². The number of carbonyl (C=O) groups excluding carboxylic acids is 1. The Balaban J connectivity index is 1.81. The van der Waals surface area contributed by atoms with Gasteiger partial charge in [0, 0.05) is 12.1 Å². The van der Waals surface area contributed by atoms with Gasteiger partial charge >= 0.3 is 0 Å². The van der Waals surface area contributed by atoms with Gasteiger partial charge in [-0.15, -0.1) is 0 Å². The third-order valence-corrected chi connectivity index (χ3v) is 6.61. The fraction of sp³-hybridized carbons (Fsp3) is 0.130. The van der Waals surface area contributed by atoms with Crippen LogP contribution in [0.15, 0.2) is 88.9 Å². The molecule has 0 aromatic heterocycles. The first-order chi connectivity index (χ1) is 16.2. The molecule has 0 unspecified atom stereocenters. The summed E-state index contributed by atoms with van der Waals surface area (Å²) in [6, 6.07) is 19.8. The zero-order valence-corrected chi connectivity index (χ0v) is 19.2. The molecule has 34 heavy (non-hydrogen) atoms. The van der Waals surface area contributed by atoms with Crippen molar-refractivity contribution in [2.75, 3.05) is 18.0 Å². The van der Waals surface area contributed by atoms with Crippen LogP contribution in [-0.4, -0.2) is 38.6 Å². The van der Waals surface area contributed by atoms with Gasteiger partial charge in [-0.05, 0) is 61.0 Å². The smallest absolute Gasteiger partial charge is 0.269 e. The van der Waals surface area contributed by atoms with E-state index in [-0.39, 0.29) is 10.6 Å². The molecule has 10 nitrogen and oxygen atoms in total. The van der Waals surface area contributed by atoms with Crippen molar-refractivity contribution in [3.05, 3.63) is 94.5 Å². The van der Waals surface area contributed by atoms with Crippen LogP contribution in [0.25, 0.3) is 0 Å². The zero-order chi connectivity index (χ0) is 24.7. The number of methoxy groups -OCH3 is 1. The number of rotatable bonds is 9. The number of nitro groups is 1. The second-order valence-corrected chi connectivity index (χ2v) is 8.92. The number of nitro benzene ring substituents is 1. The van der Waals surface area contributed by atoms with E-state index in [0.717, 1.165) is 4.31 Å². The SMILES string of the molecule is COc1ccc(S(=O)(=O)N(CC(=O)N/N=C(/C)c2ccc([N+](=O)[O-])cc2)c2ccccc2)cc1. The van der Waals surface area contributed by atoms with E-state index in [0.29, 0.717) is 22.7 Å². The number of para-hydroxylation sites is 1. The Bertz CT molecular complexity index is 1290. The average Bonchev–Trinajstić information content (AvgIpc) is 2.86. The number of anilines is 1. The first kappa shape index (κ1) is 24.4. The number of hydrazone groups is 1. The average molecular weight is 483 g/mol. The molecule has 0 saturated carbocycles. The van der Waals surface area contributed by atoms with E-state index in [1.54, 1.807) is 37.3 Å². The van der Waals surface area contributed by atoms with E-state index in [4.69, 9.17) is 4.74 Å². The van der Waals surface area contributed by atoms with Crippen molar-refractivity contribution in [1.82, 2.24) is 5.43 Å². The van der Waals surface area contributed by atoms with Gasteiger partial charge in [0.1, 0.15) is 12.3 Å². The largest absolute Gasteiger partial charge is 0.497 e. The normalized spacial score (nSPS) is 11.5. The van der Waals surface area contributed by atoms with Crippen LogP contribution in [0.5, 0.6) is 5.75 Å². The monoisotopic (exact) mass is 482 g/mol. The van der Waals surface area contributed by atoms with Crippen LogP contribution in [0.3, 0.4) is 0 Å². The van der Waals surface area contributed by atoms with Crippen LogP contribution in [0, 0.1) is 10.1 Å². The Morgan fingerprint density at radius 3 is 2.21 bits per heavy atom. The minimum atomic E-state index is -4.07. The third kappa shape index (κ3) is 5.75. The number of amides is 1. The van der Waals surface area contributed by atoms with E-state index in [1.807, 2.05) is 0 Å². The highest BCUT2D eigenvalue weighted by molar-refractivity contribution is 7.92. The minimum absolute atomic E-state index is 0.00415. The molecule has 1 N–H and O–H groups in total. The molecule has 0 aliphatic rings. The van der Waals surface area contributed by atoms with Gasteiger partial charge in [0.15, 0.2) is 0 Å². The molecular weight excluding hydrogens is 460 g/mol. The van der Waals surface area contributed by atoms with E-state index in [1.165, 1.54) is 55.6 Å². The topological polar surface area (TPSA) is 131 Å². The van der Waals surface area contributed by atoms with Crippen molar-refractivity contribution in [3.63, 3.8) is 0 Å². The number of hydrogen-bond donors (Lipinski definition) is 1. The molecule has 176 valence electrons. The number of carbonyl (C=O) groups is 1. The summed E-state index contributed by atoms with van der Waals surface area (Å²) in [4.78, 5) is 22.9. The molecule has 0 spiro atoms. The number of ether oxygens (including phenoxy) is 1. The van der Waals surface area contributed by atoms with Crippen LogP contribution in [0.1, 0.15) is 12.5 Å². The van der Waals surface area contributed by atoms with Gasteiger partial charge in [-0.25, -0.2) is 13.8 Å². The molecule has 0 heterocycles. The van der Waals surface area contributed by atoms with Crippen LogP contribution < -0.4 is 14.5 Å². The number of nitrogens with one attached hydrogen (secondary N) is 1. The molecule has 0 aliphatic heterocycles. The number of hydrogen-bond acceptors (Lipinski definition) is 7. The predicted molar refractivity (Wildman–Crippen MR) is 127 cm³/mol. The van der Waals surface area contributed by atoms with Crippen molar-refractivity contribution >= 4 is 33.0 Å². The summed E-state index contributed by atoms with van der Waals surface area (Å²) in [7, 11) is -2.60. The maximum absolute atomic E-state index is 13.3. The predicted octanol–water partition coefficient (Wildman–Crippen LogP) is 3.34. The van der Waals surface area contributed by atoms with Crippen LogP contribution in [0.2, 0.25) is 0 Å². The summed E-state index contributed by atoms with van der Waals surface area (Å²) in [5.74, 6) is -0.166. The molecule has 1 amide bonds. The summed E-state index contributed by atoms with van der Waals surface area (Å²) < 4.78 is 32.7. The second-order valence-electron chi connectivity index (χ2n) is 7.06. The number of benzene rings is 3. The highest BCUT2D eigenvalue weighted by Gasteiger charge is 2.27. The number of sulfonamides is 1. The van der Waals surface area contributed by atoms with Crippen LogP contribution in [-0.2, 0) is 14.8 Å². The summed E-state index contributed by atoms with van der Waals surface area (Å²) in [6.45, 7) is 1.10.